The molecule has 8 heteroatoms. The number of halogens is 1. The monoisotopic (exact) mass is 451 g/mol. The van der Waals surface area contributed by atoms with Crippen LogP contribution in [0.25, 0.3) is 0 Å². The second-order valence-corrected chi connectivity index (χ2v) is 8.86. The Labute approximate surface area is 190 Å². The Kier molecular flexibility index (Phi) is 5.76. The van der Waals surface area contributed by atoms with Crippen molar-refractivity contribution < 1.29 is 19.1 Å². The number of ether oxygens (including phenoxy) is 2. The third-order valence-corrected chi connectivity index (χ3v) is 5.05. The van der Waals surface area contributed by atoms with Gasteiger partial charge in [-0.2, -0.15) is 0 Å². The number of hydrogen-bond acceptors (Lipinski definition) is 5. The minimum Gasteiger partial charge on any atom is -0.453 e. The normalized spacial score (nSPS) is 12.7. The van der Waals surface area contributed by atoms with Crippen molar-refractivity contribution in [3.05, 3.63) is 71.0 Å². The van der Waals surface area contributed by atoms with Gasteiger partial charge in [-0.3, -0.25) is 9.78 Å². The average Bonchev–Trinajstić information content (AvgIpc) is 3.09. The first-order chi connectivity index (χ1) is 15.2. The Hall–Kier alpha value is -3.58. The molecule has 0 atom stereocenters. The zero-order valence-electron chi connectivity index (χ0n) is 17.9. The number of anilines is 2. The summed E-state index contributed by atoms with van der Waals surface area (Å²) in [7, 11) is 0. The van der Waals surface area contributed by atoms with Gasteiger partial charge in [0, 0.05) is 28.7 Å². The Morgan fingerprint density at radius 2 is 1.78 bits per heavy atom. The minimum absolute atomic E-state index is 0.0963. The molecule has 7 nitrogen and oxygen atoms in total. The van der Waals surface area contributed by atoms with E-state index in [9.17, 15) is 9.59 Å². The molecule has 0 radical (unpaired) electrons. The van der Waals surface area contributed by atoms with Crippen molar-refractivity contribution in [3.8, 4) is 17.2 Å². The van der Waals surface area contributed by atoms with E-state index < -0.39 is 0 Å². The van der Waals surface area contributed by atoms with Crippen molar-refractivity contribution in [2.75, 3.05) is 10.6 Å². The van der Waals surface area contributed by atoms with E-state index in [0.29, 0.717) is 39.3 Å². The van der Waals surface area contributed by atoms with Crippen LogP contribution in [0.3, 0.4) is 0 Å². The molecule has 1 aromatic heterocycles. The number of esters is 1. The number of pyridine rings is 1. The van der Waals surface area contributed by atoms with Crippen molar-refractivity contribution in [2.45, 2.75) is 32.6 Å². The predicted octanol–water partition coefficient (Wildman–Crippen LogP) is 5.93. The topological polar surface area (TPSA) is 89.6 Å². The van der Waals surface area contributed by atoms with Crippen LogP contribution in [0.5, 0.6) is 17.2 Å². The number of rotatable bonds is 4. The number of urea groups is 1. The van der Waals surface area contributed by atoms with E-state index in [4.69, 9.17) is 21.1 Å². The van der Waals surface area contributed by atoms with E-state index in [1.807, 2.05) is 12.1 Å². The highest BCUT2D eigenvalue weighted by Crippen LogP contribution is 2.37. The lowest BCUT2D eigenvalue weighted by Crippen LogP contribution is -2.20. The van der Waals surface area contributed by atoms with Gasteiger partial charge in [-0.25, -0.2) is 4.79 Å². The summed E-state index contributed by atoms with van der Waals surface area (Å²) in [4.78, 5) is 28.1. The zero-order valence-corrected chi connectivity index (χ0v) is 18.6. The van der Waals surface area contributed by atoms with Crippen molar-refractivity contribution in [1.82, 2.24) is 4.98 Å². The maximum atomic E-state index is 12.4. The van der Waals surface area contributed by atoms with Crippen LogP contribution in [-0.4, -0.2) is 17.0 Å². The summed E-state index contributed by atoms with van der Waals surface area (Å²) in [5, 5.41) is 6.15. The van der Waals surface area contributed by atoms with E-state index in [0.717, 1.165) is 5.56 Å². The van der Waals surface area contributed by atoms with Crippen LogP contribution in [0.1, 0.15) is 32.0 Å². The molecule has 0 spiro atoms. The molecule has 0 aliphatic carbocycles. The lowest BCUT2D eigenvalue weighted by Gasteiger charge is -2.20. The molecular weight excluding hydrogens is 430 g/mol. The minimum atomic E-state index is -0.389. The van der Waals surface area contributed by atoms with Gasteiger partial charge < -0.3 is 20.1 Å². The molecule has 2 N–H and O–H groups in total. The van der Waals surface area contributed by atoms with Crippen LogP contribution in [0.4, 0.5) is 16.2 Å². The smallest absolute Gasteiger partial charge is 0.323 e. The molecule has 32 heavy (non-hydrogen) atoms. The highest BCUT2D eigenvalue weighted by atomic mass is 35.5. The summed E-state index contributed by atoms with van der Waals surface area (Å²) in [5.41, 5.74) is 2.68. The summed E-state index contributed by atoms with van der Waals surface area (Å²) in [5.74, 6) is 0.922. The van der Waals surface area contributed by atoms with Gasteiger partial charge in [-0.05, 0) is 53.4 Å². The standard InChI is InChI=1S/C24H22ClN3O4/c1-24(2,3)14-10-15(25)12-17(11-14)28-23(30)27-16-4-6-18(7-5-16)31-20-8-9-26-19-13-21(29)32-22(19)20/h4-12H,13H2,1-3H3,(H2,27,28,30). The van der Waals surface area contributed by atoms with E-state index in [1.165, 1.54) is 0 Å². The largest absolute Gasteiger partial charge is 0.453 e. The van der Waals surface area contributed by atoms with E-state index in [-0.39, 0.29) is 23.8 Å². The highest BCUT2D eigenvalue weighted by molar-refractivity contribution is 6.31. The molecule has 0 saturated carbocycles. The molecule has 2 heterocycles. The molecule has 4 rings (SSSR count). The Bertz CT molecular complexity index is 1190. The average molecular weight is 452 g/mol. The van der Waals surface area contributed by atoms with Gasteiger partial charge >= 0.3 is 12.0 Å². The quantitative estimate of drug-likeness (QED) is 0.480. The van der Waals surface area contributed by atoms with Gasteiger partial charge in [-0.1, -0.05) is 32.4 Å². The van der Waals surface area contributed by atoms with Crippen LogP contribution in [-0.2, 0) is 16.6 Å². The molecule has 0 bridgehead atoms. The number of amides is 2. The molecule has 1 aliphatic rings. The summed E-state index contributed by atoms with van der Waals surface area (Å²) < 4.78 is 11.0. The van der Waals surface area contributed by atoms with Crippen molar-refractivity contribution in [3.63, 3.8) is 0 Å². The number of nitrogens with one attached hydrogen (secondary N) is 2. The summed E-state index contributed by atoms with van der Waals surface area (Å²) in [6, 6.07) is 13.6. The number of benzene rings is 2. The number of fused-ring (bicyclic) bond motifs is 1. The Balaban J connectivity index is 1.41. The van der Waals surface area contributed by atoms with Gasteiger partial charge in [0.1, 0.15) is 5.75 Å². The van der Waals surface area contributed by atoms with Crippen LogP contribution >= 0.6 is 11.6 Å². The van der Waals surface area contributed by atoms with E-state index in [1.54, 1.807) is 42.6 Å². The second-order valence-electron chi connectivity index (χ2n) is 8.42. The number of carbonyl (C=O) groups excluding carboxylic acids is 2. The van der Waals surface area contributed by atoms with Gasteiger partial charge in [0.15, 0.2) is 11.5 Å². The molecule has 3 aromatic rings. The van der Waals surface area contributed by atoms with Crippen molar-refractivity contribution >= 4 is 35.0 Å². The number of aromatic nitrogens is 1. The first kappa shape index (κ1) is 21.6. The third-order valence-electron chi connectivity index (χ3n) is 4.83. The molecule has 164 valence electrons. The van der Waals surface area contributed by atoms with E-state index in [2.05, 4.69) is 36.4 Å². The van der Waals surface area contributed by atoms with Crippen molar-refractivity contribution in [2.24, 2.45) is 0 Å². The highest BCUT2D eigenvalue weighted by Gasteiger charge is 2.25. The van der Waals surface area contributed by atoms with Crippen LogP contribution in [0.2, 0.25) is 5.02 Å². The van der Waals surface area contributed by atoms with Crippen LogP contribution in [0, 0.1) is 0 Å². The number of hydrogen-bond donors (Lipinski definition) is 2. The third kappa shape index (κ3) is 5.00. The lowest BCUT2D eigenvalue weighted by atomic mass is 9.87. The lowest BCUT2D eigenvalue weighted by molar-refractivity contribution is -0.131. The first-order valence-electron chi connectivity index (χ1n) is 10.0. The number of nitrogens with zero attached hydrogens (tertiary/aromatic N) is 1. The van der Waals surface area contributed by atoms with Gasteiger partial charge in [0.05, 0.1) is 12.1 Å². The van der Waals surface area contributed by atoms with Crippen LogP contribution in [0.15, 0.2) is 54.7 Å². The maximum Gasteiger partial charge on any atom is 0.323 e. The zero-order chi connectivity index (χ0) is 22.9. The Morgan fingerprint density at radius 3 is 2.50 bits per heavy atom. The summed E-state index contributed by atoms with van der Waals surface area (Å²) in [6.45, 7) is 6.24. The van der Waals surface area contributed by atoms with E-state index >= 15 is 0 Å². The van der Waals surface area contributed by atoms with Gasteiger partial charge in [0.2, 0.25) is 0 Å². The fourth-order valence-corrected chi connectivity index (χ4v) is 3.43. The molecule has 2 amide bonds. The molecule has 2 aromatic carbocycles. The molecule has 0 unspecified atom stereocenters. The van der Waals surface area contributed by atoms with Gasteiger partial charge in [-0.15, -0.1) is 0 Å². The molecule has 0 saturated heterocycles. The SMILES string of the molecule is CC(C)(C)c1cc(Cl)cc(NC(=O)Nc2ccc(Oc3ccnc4c3OC(=O)C4)cc2)c1. The number of carbonyl (C=O) groups is 2. The fourth-order valence-electron chi connectivity index (χ4n) is 3.20. The van der Waals surface area contributed by atoms with Crippen LogP contribution < -0.4 is 20.1 Å². The second kappa shape index (κ2) is 8.51. The van der Waals surface area contributed by atoms with Gasteiger partial charge in [0.25, 0.3) is 0 Å². The predicted molar refractivity (Wildman–Crippen MR) is 123 cm³/mol. The summed E-state index contributed by atoms with van der Waals surface area (Å²) >= 11 is 6.21. The first-order valence-corrected chi connectivity index (χ1v) is 10.4. The fraction of sp³-hybridized carbons (Fsp3) is 0.208. The van der Waals surface area contributed by atoms with Crippen molar-refractivity contribution in [1.29, 1.82) is 0 Å². The summed E-state index contributed by atoms with van der Waals surface area (Å²) in [6.07, 6.45) is 1.70. The Morgan fingerprint density at radius 1 is 1.06 bits per heavy atom. The molecular formula is C24H22ClN3O4. The molecule has 0 fully saturated rings. The maximum absolute atomic E-state index is 12.4. The molecule has 1 aliphatic heterocycles.